The van der Waals surface area contributed by atoms with E-state index in [0.717, 1.165) is 15.7 Å². The Morgan fingerprint density at radius 1 is 1.18 bits per heavy atom. The van der Waals surface area contributed by atoms with Crippen LogP contribution in [0.1, 0.15) is 11.6 Å². The zero-order valence-corrected chi connectivity index (χ0v) is 14.1. The number of benzene rings is 1. The van der Waals surface area contributed by atoms with Crippen molar-refractivity contribution in [3.05, 3.63) is 46.4 Å². The summed E-state index contributed by atoms with van der Waals surface area (Å²) < 4.78 is 6.65. The number of aryl methyl sites for hydroxylation is 1. The topological polar surface area (TPSA) is 90.7 Å². The highest BCUT2D eigenvalue weighted by atomic mass is 79.9. The molecule has 112 valence electrons. The number of halogens is 1. The largest absolute Gasteiger partial charge is 0.420 e. The first-order valence-corrected chi connectivity index (χ1v) is 8.20. The van der Waals surface area contributed by atoms with E-state index >= 15 is 0 Å². The number of rotatable bonds is 4. The second-order valence-corrected chi connectivity index (χ2v) is 6.37. The van der Waals surface area contributed by atoms with Crippen molar-refractivity contribution in [3.8, 4) is 11.5 Å². The molecule has 0 aliphatic carbocycles. The van der Waals surface area contributed by atoms with Crippen LogP contribution < -0.4 is 5.73 Å². The van der Waals surface area contributed by atoms with Gasteiger partial charge in [-0.25, -0.2) is 9.97 Å². The SMILES string of the molecule is Cc1cc(N)nc(SCc2nnc(-c3ccc(Br)cc3)o2)n1. The molecule has 8 heteroatoms. The monoisotopic (exact) mass is 377 g/mol. The molecule has 0 unspecified atom stereocenters. The van der Waals surface area contributed by atoms with E-state index in [0.29, 0.717) is 28.5 Å². The summed E-state index contributed by atoms with van der Waals surface area (Å²) in [6.07, 6.45) is 0. The summed E-state index contributed by atoms with van der Waals surface area (Å²) in [4.78, 5) is 8.46. The fourth-order valence-electron chi connectivity index (χ4n) is 1.78. The van der Waals surface area contributed by atoms with E-state index in [1.807, 2.05) is 31.2 Å². The highest BCUT2D eigenvalue weighted by molar-refractivity contribution is 9.10. The van der Waals surface area contributed by atoms with Crippen molar-refractivity contribution in [1.29, 1.82) is 0 Å². The molecule has 0 amide bonds. The molecule has 0 spiro atoms. The predicted octanol–water partition coefficient (Wildman–Crippen LogP) is 3.47. The van der Waals surface area contributed by atoms with Crippen molar-refractivity contribution in [2.75, 3.05) is 5.73 Å². The van der Waals surface area contributed by atoms with Crippen LogP contribution in [0.5, 0.6) is 0 Å². The molecule has 22 heavy (non-hydrogen) atoms. The van der Waals surface area contributed by atoms with Gasteiger partial charge in [0.2, 0.25) is 11.8 Å². The van der Waals surface area contributed by atoms with Crippen molar-refractivity contribution < 1.29 is 4.42 Å². The first kappa shape index (κ1) is 15.0. The van der Waals surface area contributed by atoms with Crippen molar-refractivity contribution in [2.45, 2.75) is 17.8 Å². The van der Waals surface area contributed by atoms with E-state index in [9.17, 15) is 0 Å². The molecule has 0 saturated carbocycles. The molecule has 3 aromatic rings. The average molecular weight is 378 g/mol. The average Bonchev–Trinajstić information content (AvgIpc) is 2.94. The number of nitrogen functional groups attached to an aromatic ring is 1. The molecule has 0 radical (unpaired) electrons. The molecule has 0 aliphatic rings. The number of hydrogen-bond acceptors (Lipinski definition) is 7. The highest BCUT2D eigenvalue weighted by Gasteiger charge is 2.10. The summed E-state index contributed by atoms with van der Waals surface area (Å²) >= 11 is 4.80. The Labute approximate surface area is 139 Å². The van der Waals surface area contributed by atoms with Gasteiger partial charge in [0.15, 0.2) is 5.16 Å². The zero-order valence-electron chi connectivity index (χ0n) is 11.7. The third kappa shape index (κ3) is 3.63. The second-order valence-electron chi connectivity index (χ2n) is 4.51. The molecule has 0 aliphatic heterocycles. The molecule has 0 bridgehead atoms. The van der Waals surface area contributed by atoms with E-state index < -0.39 is 0 Å². The first-order valence-electron chi connectivity index (χ1n) is 6.42. The Bertz CT molecular complexity index is 770. The van der Waals surface area contributed by atoms with Crippen LogP contribution in [0.3, 0.4) is 0 Å². The summed E-state index contributed by atoms with van der Waals surface area (Å²) in [7, 11) is 0. The van der Waals surface area contributed by atoms with E-state index in [2.05, 4.69) is 36.1 Å². The van der Waals surface area contributed by atoms with Crippen LogP contribution in [-0.4, -0.2) is 20.2 Å². The molecule has 0 fully saturated rings. The molecular weight excluding hydrogens is 366 g/mol. The van der Waals surface area contributed by atoms with Gasteiger partial charge >= 0.3 is 0 Å². The summed E-state index contributed by atoms with van der Waals surface area (Å²) in [5.74, 6) is 1.96. The summed E-state index contributed by atoms with van der Waals surface area (Å²) in [6, 6.07) is 9.41. The number of aromatic nitrogens is 4. The van der Waals surface area contributed by atoms with Gasteiger partial charge in [-0.1, -0.05) is 27.7 Å². The third-order valence-corrected chi connectivity index (χ3v) is 4.10. The number of nitrogens with zero attached hydrogens (tertiary/aromatic N) is 4. The van der Waals surface area contributed by atoms with Crippen molar-refractivity contribution in [3.63, 3.8) is 0 Å². The zero-order chi connectivity index (χ0) is 15.5. The van der Waals surface area contributed by atoms with Crippen LogP contribution in [0, 0.1) is 6.92 Å². The fourth-order valence-corrected chi connectivity index (χ4v) is 2.79. The minimum Gasteiger partial charge on any atom is -0.420 e. The standard InChI is InChI=1S/C14H12BrN5OS/c1-8-6-11(16)18-14(17-8)22-7-12-19-20-13(21-12)9-2-4-10(15)5-3-9/h2-6H,7H2,1H3,(H2,16,17,18). The summed E-state index contributed by atoms with van der Waals surface area (Å²) in [5, 5.41) is 8.69. The van der Waals surface area contributed by atoms with Gasteiger partial charge in [-0.05, 0) is 31.2 Å². The van der Waals surface area contributed by atoms with Crippen LogP contribution in [0.4, 0.5) is 5.82 Å². The van der Waals surface area contributed by atoms with Gasteiger partial charge in [0.1, 0.15) is 5.82 Å². The normalized spacial score (nSPS) is 10.8. The van der Waals surface area contributed by atoms with Crippen molar-refractivity contribution in [2.24, 2.45) is 0 Å². The van der Waals surface area contributed by atoms with Crippen LogP contribution in [0.25, 0.3) is 11.5 Å². The number of anilines is 1. The number of nitrogens with two attached hydrogens (primary N) is 1. The van der Waals surface area contributed by atoms with Gasteiger partial charge in [0.05, 0.1) is 5.75 Å². The smallest absolute Gasteiger partial charge is 0.247 e. The molecule has 0 saturated heterocycles. The fraction of sp³-hybridized carbons (Fsp3) is 0.143. The first-order chi connectivity index (χ1) is 10.6. The Kier molecular flexibility index (Phi) is 4.39. The minimum absolute atomic E-state index is 0.455. The van der Waals surface area contributed by atoms with Gasteiger partial charge < -0.3 is 10.2 Å². The summed E-state index contributed by atoms with van der Waals surface area (Å²) in [5.41, 5.74) is 7.41. The lowest BCUT2D eigenvalue weighted by Crippen LogP contribution is -1.96. The Balaban J connectivity index is 1.70. The maximum Gasteiger partial charge on any atom is 0.247 e. The van der Waals surface area contributed by atoms with Gasteiger partial charge in [-0.3, -0.25) is 0 Å². The molecular formula is C14H12BrN5OS. The van der Waals surface area contributed by atoms with Crippen molar-refractivity contribution in [1.82, 2.24) is 20.2 Å². The Hall–Kier alpha value is -1.93. The molecule has 6 nitrogen and oxygen atoms in total. The lowest BCUT2D eigenvalue weighted by molar-refractivity contribution is 0.528. The maximum atomic E-state index is 5.70. The molecule has 2 aromatic heterocycles. The second kappa shape index (κ2) is 6.45. The van der Waals surface area contributed by atoms with E-state index in [1.54, 1.807) is 6.07 Å². The van der Waals surface area contributed by atoms with Crippen LogP contribution in [-0.2, 0) is 5.75 Å². The van der Waals surface area contributed by atoms with Gasteiger partial charge in [0.25, 0.3) is 0 Å². The number of hydrogen-bond donors (Lipinski definition) is 1. The lowest BCUT2D eigenvalue weighted by atomic mass is 10.2. The maximum absolute atomic E-state index is 5.70. The summed E-state index contributed by atoms with van der Waals surface area (Å²) in [6.45, 7) is 1.88. The van der Waals surface area contributed by atoms with Crippen molar-refractivity contribution >= 4 is 33.5 Å². The lowest BCUT2D eigenvalue weighted by Gasteiger charge is -2.00. The number of thioether (sulfide) groups is 1. The van der Waals surface area contributed by atoms with Gasteiger partial charge in [0, 0.05) is 21.8 Å². The van der Waals surface area contributed by atoms with Gasteiger partial charge in [-0.15, -0.1) is 10.2 Å². The van der Waals surface area contributed by atoms with E-state index in [1.165, 1.54) is 11.8 Å². The van der Waals surface area contributed by atoms with E-state index in [-0.39, 0.29) is 0 Å². The molecule has 2 heterocycles. The highest BCUT2D eigenvalue weighted by Crippen LogP contribution is 2.24. The Morgan fingerprint density at radius 2 is 1.95 bits per heavy atom. The quantitative estimate of drug-likeness (QED) is 0.549. The van der Waals surface area contributed by atoms with E-state index in [4.69, 9.17) is 10.2 Å². The minimum atomic E-state index is 0.455. The molecule has 3 rings (SSSR count). The van der Waals surface area contributed by atoms with Crippen LogP contribution >= 0.6 is 27.7 Å². The molecule has 2 N–H and O–H groups in total. The van der Waals surface area contributed by atoms with Crippen LogP contribution in [0.2, 0.25) is 0 Å². The van der Waals surface area contributed by atoms with Gasteiger partial charge in [-0.2, -0.15) is 0 Å². The molecule has 1 aromatic carbocycles. The van der Waals surface area contributed by atoms with Crippen LogP contribution in [0.15, 0.2) is 44.4 Å². The Morgan fingerprint density at radius 3 is 2.68 bits per heavy atom. The molecule has 0 atom stereocenters. The predicted molar refractivity (Wildman–Crippen MR) is 88.2 cm³/mol. The third-order valence-electron chi connectivity index (χ3n) is 2.74.